The average molecular weight is 288 g/mol. The van der Waals surface area contributed by atoms with Gasteiger partial charge < -0.3 is 17.7 Å². The third-order valence-electron chi connectivity index (χ3n) is 0.258. The van der Waals surface area contributed by atoms with Gasteiger partial charge in [-0.25, -0.2) is 0 Å². The maximum Gasteiger partial charge on any atom is 1.00 e. The normalized spacial score (nSPS) is 7.00. The molecule has 3 heteroatoms. The van der Waals surface area contributed by atoms with Crippen LogP contribution in [0.3, 0.4) is 0 Å². The first kappa shape index (κ1) is 10.1. The van der Waals surface area contributed by atoms with Crippen LogP contribution >= 0.6 is 12.6 Å². The van der Waals surface area contributed by atoms with E-state index in [1.165, 1.54) is 0 Å². The molecular formula is C3H7AuOS. The molecular weight excluding hydrogens is 281 g/mol. The van der Waals surface area contributed by atoms with Crippen LogP contribution in [-0.2, 0) is 22.4 Å². The molecule has 0 saturated heterocycles. The van der Waals surface area contributed by atoms with Crippen LogP contribution in [0.5, 0.6) is 0 Å². The SMILES string of the molecule is OCC[CH-]S.[Au+]. The smallest absolute Gasteiger partial charge is 0.399 e. The summed E-state index contributed by atoms with van der Waals surface area (Å²) in [5.74, 6) is 1.62. The largest absolute Gasteiger partial charge is 1.00 e. The second kappa shape index (κ2) is 9.41. The molecule has 0 aliphatic carbocycles. The molecule has 0 aliphatic heterocycles. The second-order valence-corrected chi connectivity index (χ2v) is 1.06. The van der Waals surface area contributed by atoms with Crippen LogP contribution in [0.2, 0.25) is 0 Å². The summed E-state index contributed by atoms with van der Waals surface area (Å²) in [6, 6.07) is 0. The summed E-state index contributed by atoms with van der Waals surface area (Å²) < 4.78 is 0. The Hall–Kier alpha value is 1.05. The molecule has 0 unspecified atom stereocenters. The quantitative estimate of drug-likeness (QED) is 0.430. The number of rotatable bonds is 2. The summed E-state index contributed by atoms with van der Waals surface area (Å²) in [5.41, 5.74) is 0. The Kier molecular flexibility index (Phi) is 15.9. The van der Waals surface area contributed by atoms with Gasteiger partial charge in [-0.05, 0) is 0 Å². The van der Waals surface area contributed by atoms with Crippen LogP contribution in [-0.4, -0.2) is 11.7 Å². The van der Waals surface area contributed by atoms with Gasteiger partial charge in [-0.2, -0.15) is 0 Å². The van der Waals surface area contributed by atoms with Crippen molar-refractivity contribution in [2.75, 3.05) is 6.61 Å². The van der Waals surface area contributed by atoms with Gasteiger partial charge in [0.1, 0.15) is 0 Å². The van der Waals surface area contributed by atoms with E-state index in [-0.39, 0.29) is 29.0 Å². The van der Waals surface area contributed by atoms with Crippen LogP contribution in [0.15, 0.2) is 0 Å². The van der Waals surface area contributed by atoms with Crippen molar-refractivity contribution >= 4 is 12.6 Å². The van der Waals surface area contributed by atoms with E-state index < -0.39 is 0 Å². The molecule has 0 spiro atoms. The zero-order valence-corrected chi connectivity index (χ0v) is 6.25. The predicted molar refractivity (Wildman–Crippen MR) is 25.0 cm³/mol. The van der Waals surface area contributed by atoms with Gasteiger partial charge in [0.2, 0.25) is 0 Å². The summed E-state index contributed by atoms with van der Waals surface area (Å²) in [5, 5.41) is 7.99. The van der Waals surface area contributed by atoms with Crippen LogP contribution in [0.25, 0.3) is 0 Å². The van der Waals surface area contributed by atoms with Crippen LogP contribution in [0, 0.1) is 5.75 Å². The fourth-order valence-corrected chi connectivity index (χ4v) is 0.173. The van der Waals surface area contributed by atoms with Gasteiger partial charge in [0.25, 0.3) is 0 Å². The summed E-state index contributed by atoms with van der Waals surface area (Å²) in [6.07, 6.45) is 0.684. The first-order valence-electron chi connectivity index (χ1n) is 1.48. The van der Waals surface area contributed by atoms with E-state index in [1.807, 2.05) is 0 Å². The third-order valence-corrected chi connectivity index (χ3v) is 0.516. The zero-order valence-electron chi connectivity index (χ0n) is 3.19. The minimum absolute atomic E-state index is 0. The molecule has 0 bridgehead atoms. The standard InChI is InChI=1S/C3H7OS.Au/c4-2-1-3-5;/h3-5H,1-2H2;/q-1;+1. The van der Waals surface area contributed by atoms with Gasteiger partial charge in [-0.1, -0.05) is 0 Å². The maximum atomic E-state index is 7.99. The van der Waals surface area contributed by atoms with E-state index in [2.05, 4.69) is 12.6 Å². The molecule has 1 nitrogen and oxygen atoms in total. The second-order valence-electron chi connectivity index (χ2n) is 0.695. The van der Waals surface area contributed by atoms with Gasteiger partial charge in [0.15, 0.2) is 0 Å². The van der Waals surface area contributed by atoms with Crippen molar-refractivity contribution in [1.29, 1.82) is 0 Å². The van der Waals surface area contributed by atoms with Gasteiger partial charge in [-0.15, -0.1) is 6.42 Å². The Bertz CT molecular complexity index is 18.3. The van der Waals surface area contributed by atoms with Crippen molar-refractivity contribution in [3.05, 3.63) is 5.75 Å². The predicted octanol–water partition coefficient (Wildman–Crippen LogP) is 0.458. The minimum Gasteiger partial charge on any atom is -0.399 e. The minimum atomic E-state index is 0. The fraction of sp³-hybridized carbons (Fsp3) is 0.667. The van der Waals surface area contributed by atoms with Crippen molar-refractivity contribution in [3.8, 4) is 0 Å². The van der Waals surface area contributed by atoms with Crippen LogP contribution in [0.4, 0.5) is 0 Å². The number of hydrogen-bond acceptors (Lipinski definition) is 2. The van der Waals surface area contributed by atoms with Crippen molar-refractivity contribution in [2.24, 2.45) is 0 Å². The molecule has 0 aliphatic rings. The molecule has 0 amide bonds. The Morgan fingerprint density at radius 2 is 2.17 bits per heavy atom. The molecule has 0 fully saturated rings. The number of hydrogen-bond donors (Lipinski definition) is 2. The van der Waals surface area contributed by atoms with Crippen molar-refractivity contribution in [1.82, 2.24) is 0 Å². The molecule has 0 aromatic heterocycles. The molecule has 0 radical (unpaired) electrons. The van der Waals surface area contributed by atoms with Crippen molar-refractivity contribution < 1.29 is 27.5 Å². The maximum absolute atomic E-state index is 7.99. The van der Waals surface area contributed by atoms with Crippen LogP contribution < -0.4 is 0 Å². The van der Waals surface area contributed by atoms with E-state index in [4.69, 9.17) is 5.11 Å². The Morgan fingerprint density at radius 3 is 2.17 bits per heavy atom. The molecule has 1 N–H and O–H groups in total. The molecule has 0 atom stereocenters. The fourth-order valence-electron chi connectivity index (χ4n) is 0.0577. The first-order valence-corrected chi connectivity index (χ1v) is 2.00. The Balaban J connectivity index is 0. The van der Waals surface area contributed by atoms with Crippen molar-refractivity contribution in [2.45, 2.75) is 6.42 Å². The molecule has 42 valence electrons. The van der Waals surface area contributed by atoms with Gasteiger partial charge >= 0.3 is 22.4 Å². The molecule has 0 aromatic rings. The van der Waals surface area contributed by atoms with E-state index in [0.29, 0.717) is 6.42 Å². The molecule has 0 saturated carbocycles. The molecule has 6 heavy (non-hydrogen) atoms. The Morgan fingerprint density at radius 1 is 1.67 bits per heavy atom. The number of aliphatic hydroxyl groups is 1. The molecule has 0 rings (SSSR count). The monoisotopic (exact) mass is 288 g/mol. The number of thiol groups is 1. The zero-order chi connectivity index (χ0) is 4.12. The van der Waals surface area contributed by atoms with Crippen molar-refractivity contribution in [3.63, 3.8) is 0 Å². The molecule has 0 heterocycles. The average Bonchev–Trinajstić information content (AvgIpc) is 1.41. The topological polar surface area (TPSA) is 20.2 Å². The summed E-state index contributed by atoms with van der Waals surface area (Å²) in [4.78, 5) is 0. The number of aliphatic hydroxyl groups excluding tert-OH is 1. The first-order chi connectivity index (χ1) is 2.41. The van der Waals surface area contributed by atoms with Gasteiger partial charge in [0.05, 0.1) is 0 Å². The summed E-state index contributed by atoms with van der Waals surface area (Å²) in [6.45, 7) is 0.212. The van der Waals surface area contributed by atoms with E-state index in [9.17, 15) is 0 Å². The van der Waals surface area contributed by atoms with E-state index >= 15 is 0 Å². The third kappa shape index (κ3) is 8.90. The van der Waals surface area contributed by atoms with Gasteiger partial charge in [0, 0.05) is 6.61 Å². The summed E-state index contributed by atoms with van der Waals surface area (Å²) in [7, 11) is 0. The molecule has 0 aromatic carbocycles. The van der Waals surface area contributed by atoms with Gasteiger partial charge in [-0.3, -0.25) is 5.75 Å². The Labute approximate surface area is 59.1 Å². The van der Waals surface area contributed by atoms with Crippen LogP contribution in [0.1, 0.15) is 6.42 Å². The van der Waals surface area contributed by atoms with E-state index in [1.54, 1.807) is 5.75 Å². The summed E-state index contributed by atoms with van der Waals surface area (Å²) >= 11 is 3.72. The van der Waals surface area contributed by atoms with E-state index in [0.717, 1.165) is 0 Å².